The van der Waals surface area contributed by atoms with E-state index in [1.807, 2.05) is 0 Å². The maximum absolute atomic E-state index is 12.7. The van der Waals surface area contributed by atoms with Crippen molar-refractivity contribution in [2.45, 2.75) is 46.2 Å². The number of hydrogen-bond acceptors (Lipinski definition) is 3. The maximum Gasteiger partial charge on any atom is 0.225 e. The van der Waals surface area contributed by atoms with E-state index in [2.05, 4.69) is 66.2 Å². The van der Waals surface area contributed by atoms with Crippen LogP contribution in [0.4, 0.5) is 0 Å². The van der Waals surface area contributed by atoms with Crippen LogP contribution < -0.4 is 5.32 Å². The molecule has 1 fully saturated rings. The molecule has 0 bridgehead atoms. The van der Waals surface area contributed by atoms with Gasteiger partial charge in [0, 0.05) is 44.7 Å². The standard InChI is InChI=1S/C20H33N3O/c1-4-19(10-11-21-17(2)3)20(24)23-14-12-22(13-15-23)16-18-8-6-5-7-9-18/h5-9,17,19,21H,4,10-16H2,1-3H3. The van der Waals surface area contributed by atoms with Crippen LogP contribution in [0.25, 0.3) is 0 Å². The number of nitrogens with one attached hydrogen (secondary N) is 1. The lowest BCUT2D eigenvalue weighted by molar-refractivity contribution is -0.137. The third kappa shape index (κ3) is 5.91. The van der Waals surface area contributed by atoms with Gasteiger partial charge in [0.2, 0.25) is 5.91 Å². The molecule has 134 valence electrons. The Hall–Kier alpha value is -1.39. The molecule has 24 heavy (non-hydrogen) atoms. The second-order valence-electron chi connectivity index (χ2n) is 7.09. The lowest BCUT2D eigenvalue weighted by Gasteiger charge is -2.36. The molecule has 1 atom stereocenters. The average Bonchev–Trinajstić information content (AvgIpc) is 2.59. The Morgan fingerprint density at radius 2 is 1.79 bits per heavy atom. The number of benzene rings is 1. The van der Waals surface area contributed by atoms with Crippen LogP contribution in [-0.4, -0.2) is 54.5 Å². The van der Waals surface area contributed by atoms with Gasteiger partial charge in [-0.05, 0) is 24.9 Å². The molecule has 0 aliphatic carbocycles. The molecular formula is C20H33N3O. The molecule has 0 radical (unpaired) electrons. The van der Waals surface area contributed by atoms with E-state index in [-0.39, 0.29) is 5.92 Å². The van der Waals surface area contributed by atoms with E-state index < -0.39 is 0 Å². The summed E-state index contributed by atoms with van der Waals surface area (Å²) in [5.41, 5.74) is 1.35. The Kier molecular flexibility index (Phi) is 7.73. The summed E-state index contributed by atoms with van der Waals surface area (Å²) in [6.07, 6.45) is 1.88. The number of carbonyl (C=O) groups excluding carboxylic acids is 1. The van der Waals surface area contributed by atoms with Crippen molar-refractivity contribution in [2.75, 3.05) is 32.7 Å². The summed E-state index contributed by atoms with van der Waals surface area (Å²) in [4.78, 5) is 17.3. The smallest absolute Gasteiger partial charge is 0.225 e. The monoisotopic (exact) mass is 331 g/mol. The van der Waals surface area contributed by atoms with E-state index in [9.17, 15) is 4.79 Å². The second kappa shape index (κ2) is 9.80. The molecule has 1 saturated heterocycles. The molecule has 0 aromatic heterocycles. The molecule has 1 aliphatic heterocycles. The van der Waals surface area contributed by atoms with Gasteiger partial charge in [0.05, 0.1) is 0 Å². The minimum absolute atomic E-state index is 0.164. The number of rotatable bonds is 8. The van der Waals surface area contributed by atoms with Crippen molar-refractivity contribution < 1.29 is 4.79 Å². The minimum atomic E-state index is 0.164. The fourth-order valence-electron chi connectivity index (χ4n) is 3.27. The van der Waals surface area contributed by atoms with Crippen LogP contribution in [0.3, 0.4) is 0 Å². The first-order valence-corrected chi connectivity index (χ1v) is 9.38. The van der Waals surface area contributed by atoms with Gasteiger partial charge in [-0.2, -0.15) is 0 Å². The predicted molar refractivity (Wildman–Crippen MR) is 99.8 cm³/mol. The number of nitrogens with zero attached hydrogens (tertiary/aromatic N) is 2. The Balaban J connectivity index is 1.76. The molecule has 0 spiro atoms. The molecule has 4 nitrogen and oxygen atoms in total. The van der Waals surface area contributed by atoms with Crippen LogP contribution in [0.5, 0.6) is 0 Å². The Morgan fingerprint density at radius 3 is 2.38 bits per heavy atom. The highest BCUT2D eigenvalue weighted by molar-refractivity contribution is 5.78. The third-order valence-electron chi connectivity index (χ3n) is 4.82. The summed E-state index contributed by atoms with van der Waals surface area (Å²) in [7, 11) is 0. The van der Waals surface area contributed by atoms with Crippen molar-refractivity contribution >= 4 is 5.91 Å². The molecule has 4 heteroatoms. The van der Waals surface area contributed by atoms with Gasteiger partial charge >= 0.3 is 0 Å². The number of amides is 1. The first kappa shape index (κ1) is 18.9. The molecule has 2 rings (SSSR count). The van der Waals surface area contributed by atoms with Gasteiger partial charge in [-0.3, -0.25) is 9.69 Å². The minimum Gasteiger partial charge on any atom is -0.340 e. The first-order valence-electron chi connectivity index (χ1n) is 9.38. The summed E-state index contributed by atoms with van der Waals surface area (Å²) < 4.78 is 0. The van der Waals surface area contributed by atoms with Gasteiger partial charge in [0.1, 0.15) is 0 Å². The van der Waals surface area contributed by atoms with Crippen molar-refractivity contribution in [1.82, 2.24) is 15.1 Å². The molecule has 1 amide bonds. The van der Waals surface area contributed by atoms with Crippen molar-refractivity contribution in [3.63, 3.8) is 0 Å². The molecular weight excluding hydrogens is 298 g/mol. The summed E-state index contributed by atoms with van der Waals surface area (Å²) in [5, 5.41) is 3.42. The van der Waals surface area contributed by atoms with E-state index in [1.54, 1.807) is 0 Å². The van der Waals surface area contributed by atoms with E-state index in [0.29, 0.717) is 11.9 Å². The first-order chi connectivity index (χ1) is 11.6. The van der Waals surface area contributed by atoms with E-state index >= 15 is 0 Å². The number of carbonyl (C=O) groups is 1. The fourth-order valence-corrected chi connectivity index (χ4v) is 3.27. The normalized spacial score (nSPS) is 17.2. The topological polar surface area (TPSA) is 35.6 Å². The van der Waals surface area contributed by atoms with E-state index in [4.69, 9.17) is 0 Å². The van der Waals surface area contributed by atoms with Crippen LogP contribution in [0.2, 0.25) is 0 Å². The Morgan fingerprint density at radius 1 is 1.12 bits per heavy atom. The number of piperazine rings is 1. The average molecular weight is 332 g/mol. The largest absolute Gasteiger partial charge is 0.340 e. The molecule has 1 aromatic carbocycles. The quantitative estimate of drug-likeness (QED) is 0.795. The highest BCUT2D eigenvalue weighted by Gasteiger charge is 2.26. The van der Waals surface area contributed by atoms with Crippen LogP contribution in [0, 0.1) is 5.92 Å². The summed E-state index contributed by atoms with van der Waals surface area (Å²) in [6.45, 7) is 12.0. The van der Waals surface area contributed by atoms with Gasteiger partial charge in [-0.1, -0.05) is 51.1 Å². The maximum atomic E-state index is 12.7. The van der Waals surface area contributed by atoms with E-state index in [1.165, 1.54) is 5.56 Å². The molecule has 1 unspecified atom stereocenters. The summed E-state index contributed by atoms with van der Waals surface area (Å²) >= 11 is 0. The number of hydrogen-bond donors (Lipinski definition) is 1. The van der Waals surface area contributed by atoms with Crippen LogP contribution >= 0.6 is 0 Å². The van der Waals surface area contributed by atoms with Gasteiger partial charge in [0.15, 0.2) is 0 Å². The summed E-state index contributed by atoms with van der Waals surface area (Å²) in [6, 6.07) is 11.1. The van der Waals surface area contributed by atoms with E-state index in [0.717, 1.165) is 52.1 Å². The van der Waals surface area contributed by atoms with Gasteiger partial charge in [-0.15, -0.1) is 0 Å². The second-order valence-corrected chi connectivity index (χ2v) is 7.09. The SMILES string of the molecule is CCC(CCNC(C)C)C(=O)N1CCN(Cc2ccccc2)CC1. The molecule has 1 aromatic rings. The van der Waals surface area contributed by atoms with Crippen LogP contribution in [0.1, 0.15) is 39.2 Å². The highest BCUT2D eigenvalue weighted by atomic mass is 16.2. The fraction of sp³-hybridized carbons (Fsp3) is 0.650. The van der Waals surface area contributed by atoms with Crippen molar-refractivity contribution in [3.8, 4) is 0 Å². The highest BCUT2D eigenvalue weighted by Crippen LogP contribution is 2.15. The van der Waals surface area contributed by atoms with Crippen molar-refractivity contribution in [2.24, 2.45) is 5.92 Å². The van der Waals surface area contributed by atoms with Crippen LogP contribution in [0.15, 0.2) is 30.3 Å². The zero-order valence-electron chi connectivity index (χ0n) is 15.5. The zero-order chi connectivity index (χ0) is 17.4. The Bertz CT molecular complexity index is 481. The summed E-state index contributed by atoms with van der Waals surface area (Å²) in [5.74, 6) is 0.513. The van der Waals surface area contributed by atoms with Gasteiger partial charge in [0.25, 0.3) is 0 Å². The molecule has 1 N–H and O–H groups in total. The lowest BCUT2D eigenvalue weighted by Crippen LogP contribution is -2.50. The van der Waals surface area contributed by atoms with Crippen molar-refractivity contribution in [3.05, 3.63) is 35.9 Å². The van der Waals surface area contributed by atoms with Gasteiger partial charge in [-0.25, -0.2) is 0 Å². The predicted octanol–water partition coefficient (Wildman–Crippen LogP) is 2.75. The molecule has 1 aliphatic rings. The Labute approximate surface area is 147 Å². The third-order valence-corrected chi connectivity index (χ3v) is 4.82. The zero-order valence-corrected chi connectivity index (χ0v) is 15.5. The van der Waals surface area contributed by atoms with Crippen LogP contribution in [-0.2, 0) is 11.3 Å². The molecule has 1 heterocycles. The van der Waals surface area contributed by atoms with Crippen molar-refractivity contribution in [1.29, 1.82) is 0 Å². The van der Waals surface area contributed by atoms with Gasteiger partial charge < -0.3 is 10.2 Å². The molecule has 0 saturated carbocycles. The lowest BCUT2D eigenvalue weighted by atomic mass is 10.00.